The molecule has 2 aromatic heterocycles. The molecule has 2 heterocycles. The molecule has 0 aliphatic rings. The molecule has 0 amide bonds. The molecule has 0 saturated carbocycles. The summed E-state index contributed by atoms with van der Waals surface area (Å²) in [5.41, 5.74) is 0.965. The average Bonchev–Trinajstić information content (AvgIpc) is 2.35. The second kappa shape index (κ2) is 4.41. The molecule has 0 aliphatic heterocycles. The molecule has 2 rings (SSSR count). The minimum Gasteiger partial charge on any atom is -0.449 e. The fraction of sp³-hybridized carbons (Fsp3) is 0.0833. The number of nitrogens with zero attached hydrogens (tertiary/aromatic N) is 2. The second-order valence-electron chi connectivity index (χ2n) is 3.05. The van der Waals surface area contributed by atoms with E-state index in [1.165, 1.54) is 6.20 Å². The van der Waals surface area contributed by atoms with Gasteiger partial charge in [0, 0.05) is 17.8 Å². The topological polar surface area (TPSA) is 52.1 Å². The van der Waals surface area contributed by atoms with Gasteiger partial charge in [0.05, 0.1) is 5.56 Å². The quantitative estimate of drug-likeness (QED) is 0.558. The number of carbonyl (C=O) groups is 1. The predicted octanol–water partition coefficient (Wildman–Crippen LogP) is 1.42. The van der Waals surface area contributed by atoms with Crippen LogP contribution in [0.25, 0.3) is 11.0 Å². The van der Waals surface area contributed by atoms with Gasteiger partial charge in [0.15, 0.2) is 12.3 Å². The lowest BCUT2D eigenvalue weighted by molar-refractivity contribution is 0.0556. The van der Waals surface area contributed by atoms with Gasteiger partial charge in [0.25, 0.3) is 0 Å². The molecule has 0 aromatic carbocycles. The third-order valence-corrected chi connectivity index (χ3v) is 1.98. The van der Waals surface area contributed by atoms with Crippen LogP contribution in [0, 0.1) is 12.3 Å². The third-order valence-electron chi connectivity index (χ3n) is 1.98. The number of fused-ring (bicyclic) bond motifs is 1. The Bertz CT molecular complexity index is 572. The van der Waals surface area contributed by atoms with E-state index >= 15 is 0 Å². The van der Waals surface area contributed by atoms with Gasteiger partial charge in [-0.25, -0.2) is 14.8 Å². The lowest BCUT2D eigenvalue weighted by atomic mass is 10.2. The van der Waals surface area contributed by atoms with E-state index in [1.807, 2.05) is 6.07 Å². The van der Waals surface area contributed by atoms with Crippen LogP contribution in [0.5, 0.6) is 0 Å². The molecule has 0 unspecified atom stereocenters. The van der Waals surface area contributed by atoms with Crippen molar-refractivity contribution in [1.29, 1.82) is 0 Å². The molecule has 0 radical (unpaired) electrons. The van der Waals surface area contributed by atoms with E-state index in [1.54, 1.807) is 18.3 Å². The molecule has 4 nitrogen and oxygen atoms in total. The average molecular weight is 212 g/mol. The Morgan fingerprint density at radius 1 is 1.50 bits per heavy atom. The smallest absolute Gasteiger partial charge is 0.340 e. The number of terminal acetylenes is 1. The third kappa shape index (κ3) is 1.98. The van der Waals surface area contributed by atoms with E-state index in [-0.39, 0.29) is 6.61 Å². The summed E-state index contributed by atoms with van der Waals surface area (Å²) < 4.78 is 4.79. The summed E-state index contributed by atoms with van der Waals surface area (Å²) >= 11 is 0. The second-order valence-corrected chi connectivity index (χ2v) is 3.05. The number of aromatic nitrogens is 2. The van der Waals surface area contributed by atoms with Crippen LogP contribution in [-0.4, -0.2) is 22.5 Å². The largest absolute Gasteiger partial charge is 0.449 e. The molecular formula is C12H8N2O2. The molecular weight excluding hydrogens is 204 g/mol. The van der Waals surface area contributed by atoms with E-state index in [9.17, 15) is 4.79 Å². The standard InChI is InChI=1S/C12H8N2O2/c1-2-6-16-12(15)10-7-9-4-3-5-13-11(9)14-8-10/h1,3-5,7-8H,6H2. The summed E-state index contributed by atoms with van der Waals surface area (Å²) in [7, 11) is 0. The van der Waals surface area contributed by atoms with E-state index in [4.69, 9.17) is 11.2 Å². The van der Waals surface area contributed by atoms with Gasteiger partial charge in [-0.2, -0.15) is 0 Å². The zero-order valence-electron chi connectivity index (χ0n) is 8.38. The van der Waals surface area contributed by atoms with E-state index in [2.05, 4.69) is 15.9 Å². The highest BCUT2D eigenvalue weighted by Gasteiger charge is 2.07. The fourth-order valence-electron chi connectivity index (χ4n) is 1.27. The minimum absolute atomic E-state index is 0.0378. The SMILES string of the molecule is C#CCOC(=O)c1cnc2ncccc2c1. The van der Waals surface area contributed by atoms with E-state index in [0.717, 1.165) is 5.39 Å². The van der Waals surface area contributed by atoms with Crippen LogP contribution in [0.1, 0.15) is 10.4 Å². The zero-order chi connectivity index (χ0) is 11.4. The summed E-state index contributed by atoms with van der Waals surface area (Å²) in [6.07, 6.45) is 8.06. The monoisotopic (exact) mass is 212 g/mol. The molecule has 2 aromatic rings. The molecule has 4 heteroatoms. The number of pyridine rings is 2. The zero-order valence-corrected chi connectivity index (χ0v) is 8.38. The number of hydrogen-bond acceptors (Lipinski definition) is 4. The van der Waals surface area contributed by atoms with Gasteiger partial charge >= 0.3 is 5.97 Å². The van der Waals surface area contributed by atoms with Crippen molar-refractivity contribution in [2.45, 2.75) is 0 Å². The van der Waals surface area contributed by atoms with Gasteiger partial charge < -0.3 is 4.74 Å². The van der Waals surface area contributed by atoms with Crippen LogP contribution in [0.15, 0.2) is 30.6 Å². The molecule has 0 saturated heterocycles. The number of carbonyl (C=O) groups excluding carboxylic acids is 1. The summed E-state index contributed by atoms with van der Waals surface area (Å²) in [6, 6.07) is 5.28. The lowest BCUT2D eigenvalue weighted by Crippen LogP contribution is -2.05. The first kappa shape index (κ1) is 10.1. The molecule has 0 fully saturated rings. The lowest BCUT2D eigenvalue weighted by Gasteiger charge is -2.01. The maximum Gasteiger partial charge on any atom is 0.340 e. The normalized spacial score (nSPS) is 9.69. The Morgan fingerprint density at radius 2 is 2.38 bits per heavy atom. The Balaban J connectivity index is 2.33. The maximum absolute atomic E-state index is 11.5. The van der Waals surface area contributed by atoms with Crippen molar-refractivity contribution in [1.82, 2.24) is 9.97 Å². The van der Waals surface area contributed by atoms with Crippen LogP contribution >= 0.6 is 0 Å². The summed E-state index contributed by atoms with van der Waals surface area (Å²) in [5.74, 6) is 1.75. The highest BCUT2D eigenvalue weighted by Crippen LogP contribution is 2.10. The van der Waals surface area contributed by atoms with Crippen molar-refractivity contribution in [2.75, 3.05) is 6.61 Å². The van der Waals surface area contributed by atoms with Crippen molar-refractivity contribution in [3.05, 3.63) is 36.2 Å². The van der Waals surface area contributed by atoms with Gasteiger partial charge in [-0.05, 0) is 18.2 Å². The molecule has 0 N–H and O–H groups in total. The summed E-state index contributed by atoms with van der Waals surface area (Å²) in [6.45, 7) is -0.0378. The highest BCUT2D eigenvalue weighted by atomic mass is 16.5. The van der Waals surface area contributed by atoms with Gasteiger partial charge in [-0.15, -0.1) is 6.42 Å². The van der Waals surface area contributed by atoms with Crippen LogP contribution in [0.4, 0.5) is 0 Å². The Morgan fingerprint density at radius 3 is 3.19 bits per heavy atom. The molecule has 16 heavy (non-hydrogen) atoms. The molecule has 0 spiro atoms. The fourth-order valence-corrected chi connectivity index (χ4v) is 1.27. The van der Waals surface area contributed by atoms with Crippen molar-refractivity contribution in [2.24, 2.45) is 0 Å². The van der Waals surface area contributed by atoms with Crippen LogP contribution in [0.3, 0.4) is 0 Å². The first-order valence-electron chi connectivity index (χ1n) is 4.62. The Kier molecular flexibility index (Phi) is 2.79. The number of hydrogen-bond donors (Lipinski definition) is 0. The summed E-state index contributed by atoms with van der Waals surface area (Å²) in [5, 5.41) is 0.789. The van der Waals surface area contributed by atoms with Crippen molar-refractivity contribution < 1.29 is 9.53 Å². The molecule has 0 atom stereocenters. The van der Waals surface area contributed by atoms with Crippen molar-refractivity contribution >= 4 is 17.0 Å². The minimum atomic E-state index is -0.476. The first-order chi connectivity index (χ1) is 7.81. The Hall–Kier alpha value is -2.41. The number of esters is 1. The van der Waals surface area contributed by atoms with Crippen LogP contribution < -0.4 is 0 Å². The molecule has 78 valence electrons. The molecule has 0 bridgehead atoms. The highest BCUT2D eigenvalue weighted by molar-refractivity contribution is 5.92. The van der Waals surface area contributed by atoms with Crippen LogP contribution in [0.2, 0.25) is 0 Å². The van der Waals surface area contributed by atoms with E-state index in [0.29, 0.717) is 11.2 Å². The van der Waals surface area contributed by atoms with Gasteiger partial charge in [-0.3, -0.25) is 0 Å². The maximum atomic E-state index is 11.5. The number of rotatable bonds is 2. The summed E-state index contributed by atoms with van der Waals surface area (Å²) in [4.78, 5) is 19.6. The van der Waals surface area contributed by atoms with Gasteiger partial charge in [0.1, 0.15) is 0 Å². The molecule has 0 aliphatic carbocycles. The van der Waals surface area contributed by atoms with E-state index < -0.39 is 5.97 Å². The van der Waals surface area contributed by atoms with Crippen molar-refractivity contribution in [3.63, 3.8) is 0 Å². The van der Waals surface area contributed by atoms with Crippen molar-refractivity contribution in [3.8, 4) is 12.3 Å². The van der Waals surface area contributed by atoms with Gasteiger partial charge in [0.2, 0.25) is 0 Å². The Labute approximate surface area is 92.3 Å². The van der Waals surface area contributed by atoms with Gasteiger partial charge in [-0.1, -0.05) is 5.92 Å². The number of ether oxygens (including phenoxy) is 1. The first-order valence-corrected chi connectivity index (χ1v) is 4.62. The predicted molar refractivity (Wildman–Crippen MR) is 58.7 cm³/mol. The van der Waals surface area contributed by atoms with Crippen LogP contribution in [-0.2, 0) is 4.74 Å².